The predicted octanol–water partition coefficient (Wildman–Crippen LogP) is 6.49. The molecule has 0 unspecified atom stereocenters. The van der Waals surface area contributed by atoms with Gasteiger partial charge in [-0.05, 0) is 48.5 Å². The number of benzene rings is 4. The molecule has 0 atom stereocenters. The number of para-hydroxylation sites is 2. The molecule has 176 valence electrons. The lowest BCUT2D eigenvalue weighted by Gasteiger charge is -2.06. The zero-order valence-electron chi connectivity index (χ0n) is 18.2. The minimum atomic E-state index is -5.17. The van der Waals surface area contributed by atoms with E-state index in [9.17, 15) is 0 Å². The van der Waals surface area contributed by atoms with Gasteiger partial charge in [-0.3, -0.25) is 8.42 Å². The van der Waals surface area contributed by atoms with E-state index in [0.29, 0.717) is 11.4 Å². The van der Waals surface area contributed by atoms with Crippen molar-refractivity contribution in [1.29, 1.82) is 10.8 Å². The van der Waals surface area contributed by atoms with Crippen molar-refractivity contribution >= 4 is 44.5 Å². The molecule has 2 N–H and O–H groups in total. The number of nitrogens with one attached hydrogen (secondary N) is 2. The average Bonchev–Trinajstić information content (AvgIpc) is 2.86. The fourth-order valence-electron chi connectivity index (χ4n) is 2.60. The molecule has 0 amide bonds. The van der Waals surface area contributed by atoms with Crippen LogP contribution in [0, 0.1) is 10.8 Å². The van der Waals surface area contributed by atoms with Gasteiger partial charge in [0.25, 0.3) is 0 Å². The highest BCUT2D eigenvalue weighted by Gasteiger charge is 2.03. The molecule has 0 aliphatic rings. The van der Waals surface area contributed by atoms with Gasteiger partial charge in [-0.25, -0.2) is 0 Å². The van der Waals surface area contributed by atoms with E-state index in [-0.39, 0.29) is 0 Å². The highest BCUT2D eigenvalue weighted by molar-refractivity contribution is 7.79. The minimum absolute atomic E-state index is 0.550. The van der Waals surface area contributed by atoms with Crippen molar-refractivity contribution in [3.8, 4) is 0 Å². The Bertz CT molecular complexity index is 1270. The predicted molar refractivity (Wildman–Crippen MR) is 132 cm³/mol. The monoisotopic (exact) mass is 488 g/mol. The van der Waals surface area contributed by atoms with Crippen LogP contribution in [-0.2, 0) is 10.4 Å². The first kappa shape index (κ1) is 26.4. The lowest BCUT2D eigenvalue weighted by atomic mass is 10.2. The number of nitrogens with zero attached hydrogens (tertiary/aromatic N) is 4. The highest BCUT2D eigenvalue weighted by atomic mass is 32.3. The van der Waals surface area contributed by atoms with Gasteiger partial charge in [-0.15, -0.1) is 0 Å². The van der Waals surface area contributed by atoms with Gasteiger partial charge in [0.2, 0.25) is 10.8 Å². The summed E-state index contributed by atoms with van der Waals surface area (Å²) in [6.07, 6.45) is 0. The topological polar surface area (TPSA) is 161 Å². The van der Waals surface area contributed by atoms with Crippen LogP contribution in [0.4, 0.5) is 34.1 Å². The molecule has 0 spiro atoms. The molecule has 0 aliphatic carbocycles. The van der Waals surface area contributed by atoms with E-state index in [1.165, 1.54) is 0 Å². The molecular weight excluding hydrogens is 468 g/mol. The Balaban J connectivity index is 0.000000208. The van der Waals surface area contributed by atoms with Gasteiger partial charge in [0.05, 0.1) is 0 Å². The van der Waals surface area contributed by atoms with Crippen LogP contribution in [0.15, 0.2) is 109 Å². The molecule has 0 aromatic heterocycles. The summed E-state index contributed by atoms with van der Waals surface area (Å²) in [6.45, 7) is 0. The van der Waals surface area contributed by atoms with Crippen molar-refractivity contribution in [2.75, 3.05) is 10.6 Å². The minimum Gasteiger partial charge on any atom is -0.759 e. The van der Waals surface area contributed by atoms with Gasteiger partial charge in [0, 0.05) is 57.4 Å². The first-order valence-corrected chi connectivity index (χ1v) is 11.3. The molecule has 0 bridgehead atoms. The molecule has 11 heteroatoms. The Kier molecular flexibility index (Phi) is 10.3. The molecule has 4 aromatic rings. The van der Waals surface area contributed by atoms with Crippen molar-refractivity contribution in [2.24, 2.45) is 0 Å². The summed E-state index contributed by atoms with van der Waals surface area (Å²) in [4.78, 5) is 6.18. The Morgan fingerprint density at radius 1 is 0.514 bits per heavy atom. The van der Waals surface area contributed by atoms with E-state index in [2.05, 4.69) is 20.6 Å². The molecule has 0 fully saturated rings. The third-order valence-corrected chi connectivity index (χ3v) is 4.09. The third kappa shape index (κ3) is 11.6. The summed E-state index contributed by atoms with van der Waals surface area (Å²) in [5.41, 5.74) is 5.10. The molecule has 4 rings (SSSR count). The largest absolute Gasteiger partial charge is 0.759 e. The van der Waals surface area contributed by atoms with E-state index in [1.807, 2.05) is 84.9 Å². The van der Waals surface area contributed by atoms with E-state index in [0.717, 1.165) is 22.7 Å². The number of hydrogen-bond donors (Lipinski definition) is 2. The second kappa shape index (κ2) is 13.7. The van der Waals surface area contributed by atoms with E-state index in [4.69, 9.17) is 28.3 Å². The van der Waals surface area contributed by atoms with Crippen molar-refractivity contribution in [3.63, 3.8) is 0 Å². The second-order valence-corrected chi connectivity index (χ2v) is 7.50. The summed E-state index contributed by atoms with van der Waals surface area (Å²) in [5.74, 6) is 0. The number of hydrogen-bond acceptors (Lipinski definition) is 8. The first-order chi connectivity index (χ1) is 16.8. The zero-order chi connectivity index (χ0) is 25.5. The second-order valence-electron chi connectivity index (χ2n) is 6.68. The summed E-state index contributed by atoms with van der Waals surface area (Å²) in [5, 5.41) is 23.5. The maximum atomic E-state index is 8.52. The van der Waals surface area contributed by atoms with Crippen LogP contribution < -0.4 is 10.6 Å². The molecule has 0 saturated carbocycles. The van der Waals surface area contributed by atoms with Gasteiger partial charge in [-0.1, -0.05) is 36.4 Å². The number of diazo groups is 2. The Morgan fingerprint density at radius 3 is 1.03 bits per heavy atom. The van der Waals surface area contributed by atoms with E-state index >= 15 is 0 Å². The Hall–Kier alpha value is -4.81. The van der Waals surface area contributed by atoms with Gasteiger partial charge in [0.1, 0.15) is 0 Å². The SMILES string of the molecule is N#[N+]c1ccc(Nc2ccccc2)cc1.N#[N+]c1ccc(Nc2ccccc2)cc1.O=S(=O)([O-])[O-]. The third-order valence-electron chi connectivity index (χ3n) is 4.09. The average molecular weight is 489 g/mol. The van der Waals surface area contributed by atoms with Crippen molar-refractivity contribution < 1.29 is 17.5 Å². The smallest absolute Gasteiger partial charge is 0.385 e. The van der Waals surface area contributed by atoms with Gasteiger partial charge >= 0.3 is 11.4 Å². The maximum absolute atomic E-state index is 8.52. The molecule has 0 aliphatic heterocycles. The van der Waals surface area contributed by atoms with Crippen molar-refractivity contribution in [2.45, 2.75) is 0 Å². The van der Waals surface area contributed by atoms with Gasteiger partial charge in [0.15, 0.2) is 9.95 Å². The summed E-state index contributed by atoms with van der Waals surface area (Å²) in [7, 11) is -5.17. The van der Waals surface area contributed by atoms with Crippen LogP contribution in [0.25, 0.3) is 9.95 Å². The van der Waals surface area contributed by atoms with Gasteiger partial charge < -0.3 is 19.7 Å². The molecule has 0 saturated heterocycles. The highest BCUT2D eigenvalue weighted by Crippen LogP contribution is 2.20. The lowest BCUT2D eigenvalue weighted by molar-refractivity contribution is 0.352. The van der Waals surface area contributed by atoms with Crippen molar-refractivity contribution in [1.82, 2.24) is 0 Å². The normalized spacial score (nSPS) is 9.60. The van der Waals surface area contributed by atoms with Crippen LogP contribution in [0.3, 0.4) is 0 Å². The molecule has 4 aromatic carbocycles. The van der Waals surface area contributed by atoms with E-state index in [1.54, 1.807) is 24.3 Å². The van der Waals surface area contributed by atoms with Gasteiger partial charge in [-0.2, -0.15) is 0 Å². The van der Waals surface area contributed by atoms with Crippen LogP contribution in [0.2, 0.25) is 0 Å². The quantitative estimate of drug-likeness (QED) is 0.187. The maximum Gasteiger partial charge on any atom is 0.385 e. The molecule has 0 heterocycles. The molecule has 0 radical (unpaired) electrons. The lowest BCUT2D eigenvalue weighted by Crippen LogP contribution is -1.91. The summed E-state index contributed by atoms with van der Waals surface area (Å²) >= 11 is 0. The molecule has 35 heavy (non-hydrogen) atoms. The fourth-order valence-corrected chi connectivity index (χ4v) is 2.60. The number of anilines is 4. The Morgan fingerprint density at radius 2 is 0.771 bits per heavy atom. The first-order valence-electron chi connectivity index (χ1n) is 9.98. The van der Waals surface area contributed by atoms with Crippen LogP contribution in [0.1, 0.15) is 0 Å². The van der Waals surface area contributed by atoms with E-state index < -0.39 is 10.4 Å². The summed E-state index contributed by atoms with van der Waals surface area (Å²) < 4.78 is 34.1. The number of rotatable bonds is 4. The van der Waals surface area contributed by atoms with Crippen molar-refractivity contribution in [3.05, 3.63) is 119 Å². The summed E-state index contributed by atoms with van der Waals surface area (Å²) in [6, 6.07) is 34.2. The standard InChI is InChI=1S/2C12H10N3.H2O4S/c2*13-15-12-8-6-11(7-9-12)14-10-4-2-1-3-5-10;1-5(2,3)4/h2*1-9,14H;(H2,1,2,3,4)/q2*+1;/p-2. The Labute approximate surface area is 202 Å². The molecule has 10 nitrogen and oxygen atoms in total. The van der Waals surface area contributed by atoms with Crippen LogP contribution in [0.5, 0.6) is 0 Å². The van der Waals surface area contributed by atoms with Crippen LogP contribution in [-0.4, -0.2) is 17.5 Å². The zero-order valence-corrected chi connectivity index (χ0v) is 19.0. The molecular formula is C24H20N6O4S. The fraction of sp³-hybridized carbons (Fsp3) is 0. The van der Waals surface area contributed by atoms with Crippen LogP contribution >= 0.6 is 0 Å².